The summed E-state index contributed by atoms with van der Waals surface area (Å²) in [5.41, 5.74) is 18.4. The molecule has 0 radical (unpaired) electrons. The average Bonchev–Trinajstić information content (AvgIpc) is 3.70. The number of hydrogen-bond donors (Lipinski definition) is 0. The third kappa shape index (κ3) is 6.22. The van der Waals surface area contributed by atoms with Gasteiger partial charge in [-0.3, -0.25) is 0 Å². The highest BCUT2D eigenvalue weighted by Gasteiger charge is 2.36. The van der Waals surface area contributed by atoms with E-state index in [0.29, 0.717) is 23.7 Å². The van der Waals surface area contributed by atoms with Crippen molar-refractivity contribution >= 4 is 22.5 Å². The summed E-state index contributed by atoms with van der Waals surface area (Å²) in [6.45, 7) is 0. The van der Waals surface area contributed by atoms with Crippen molar-refractivity contribution in [3.05, 3.63) is 209 Å². The van der Waals surface area contributed by atoms with Gasteiger partial charge in [0.15, 0.2) is 0 Å². The summed E-state index contributed by atoms with van der Waals surface area (Å²) in [6, 6.07) is 18.6. The minimum Gasteiger partial charge on any atom is -0.311 e. The van der Waals surface area contributed by atoms with Gasteiger partial charge in [-0.1, -0.05) is 127 Å². The summed E-state index contributed by atoms with van der Waals surface area (Å²) < 4.78 is 0. The molecule has 4 bridgehead atoms. The molecule has 0 spiro atoms. The Morgan fingerprint density at radius 2 is 1.41 bits per heavy atom. The van der Waals surface area contributed by atoms with E-state index < -0.39 is 0 Å². The fourth-order valence-electron chi connectivity index (χ4n) is 9.86. The molecule has 1 heteroatoms. The highest BCUT2D eigenvalue weighted by atomic mass is 15.1. The van der Waals surface area contributed by atoms with Gasteiger partial charge < -0.3 is 4.90 Å². The van der Waals surface area contributed by atoms with Crippen LogP contribution in [-0.2, 0) is 0 Å². The van der Waals surface area contributed by atoms with Crippen molar-refractivity contribution in [2.45, 2.75) is 38.5 Å². The third-order valence-corrected chi connectivity index (χ3v) is 12.6. The molecular formula is C53H45N. The standard InChI is InChI=1S/C53H45N/c1-2-12-38-33-37(11-1)21-27-47(34-38)54(46-30-24-41(25-31-46)53-36-44-16-6-8-18-50(44)51-19-9-10-20-52(51)53)45-28-22-40(23-29-45)49-32-26-39-13-5-7-17-48(39)42-14-3-4-15-43(49)35-42/h1-4,6,8,10-12,14-16,18,20-31,33-34,38,42-44,50-51H,5,7,13,17,35-36H2. The predicted molar refractivity (Wildman–Crippen MR) is 226 cm³/mol. The van der Waals surface area contributed by atoms with Gasteiger partial charge in [-0.2, -0.15) is 0 Å². The van der Waals surface area contributed by atoms with Crippen LogP contribution in [0, 0.1) is 47.3 Å². The van der Waals surface area contributed by atoms with Crippen molar-refractivity contribution < 1.29 is 0 Å². The third-order valence-electron chi connectivity index (χ3n) is 12.6. The first-order valence-corrected chi connectivity index (χ1v) is 20.0. The quantitative estimate of drug-likeness (QED) is 0.222. The fraction of sp³-hybridized carbons (Fsp3) is 0.226. The summed E-state index contributed by atoms with van der Waals surface area (Å²) in [5, 5.41) is 0. The van der Waals surface area contributed by atoms with Gasteiger partial charge in [0, 0.05) is 40.4 Å². The Morgan fingerprint density at radius 1 is 0.648 bits per heavy atom. The molecule has 8 aliphatic rings. The average molecular weight is 696 g/mol. The van der Waals surface area contributed by atoms with Crippen molar-refractivity contribution in [2.24, 2.45) is 35.5 Å². The zero-order valence-electron chi connectivity index (χ0n) is 30.7. The van der Waals surface area contributed by atoms with Crippen LogP contribution in [0.2, 0.25) is 0 Å². The summed E-state index contributed by atoms with van der Waals surface area (Å²) >= 11 is 0. The maximum absolute atomic E-state index is 3.85. The Hall–Kier alpha value is -5.80. The maximum Gasteiger partial charge on any atom is 0.0527 e. The first-order valence-electron chi connectivity index (χ1n) is 20.0. The zero-order chi connectivity index (χ0) is 35.8. The molecule has 262 valence electrons. The Bertz CT molecular complexity index is 2380. The second kappa shape index (κ2) is 14.2. The van der Waals surface area contributed by atoms with E-state index in [-0.39, 0.29) is 11.8 Å². The number of rotatable bonds is 5. The Labute approximate surface area is 321 Å². The van der Waals surface area contributed by atoms with E-state index in [1.54, 1.807) is 5.57 Å². The smallest absolute Gasteiger partial charge is 0.0527 e. The van der Waals surface area contributed by atoms with E-state index in [1.807, 2.05) is 6.08 Å². The second-order valence-corrected chi connectivity index (χ2v) is 15.8. The van der Waals surface area contributed by atoms with E-state index in [9.17, 15) is 0 Å². The van der Waals surface area contributed by atoms with Gasteiger partial charge in [0.25, 0.3) is 0 Å². The summed E-state index contributed by atoms with van der Waals surface area (Å²) in [4.78, 5) is 2.43. The molecule has 2 aromatic carbocycles. The number of fused-ring (bicyclic) bond motifs is 7. The van der Waals surface area contributed by atoms with Gasteiger partial charge in [-0.15, -0.1) is 5.73 Å². The highest BCUT2D eigenvalue weighted by Crippen LogP contribution is 2.47. The van der Waals surface area contributed by atoms with Crippen LogP contribution in [0.5, 0.6) is 0 Å². The topological polar surface area (TPSA) is 3.24 Å². The number of allylic oxidation sites excluding steroid dienone is 24. The predicted octanol–water partition coefficient (Wildman–Crippen LogP) is 12.8. The van der Waals surface area contributed by atoms with E-state index in [0.717, 1.165) is 24.2 Å². The Kier molecular flexibility index (Phi) is 8.64. The first-order chi connectivity index (χ1) is 26.7. The van der Waals surface area contributed by atoms with Crippen LogP contribution in [0.3, 0.4) is 0 Å². The SMILES string of the molecule is C1=CC2=C(CCCC2)C2C=CC=CC(C2)C=1c1ccc(N(C2=CC3C=CC=CC(=C3)C=C2)c2ccc(C3=C4C=CC#CC4C4C=CC=CC4C3)cc2)cc1. The van der Waals surface area contributed by atoms with Crippen molar-refractivity contribution in [2.75, 3.05) is 4.90 Å². The van der Waals surface area contributed by atoms with Crippen molar-refractivity contribution in [1.82, 2.24) is 0 Å². The molecular weight excluding hydrogens is 651 g/mol. The summed E-state index contributed by atoms with van der Waals surface area (Å²) in [7, 11) is 0. The zero-order valence-corrected chi connectivity index (χ0v) is 30.7. The van der Waals surface area contributed by atoms with Crippen molar-refractivity contribution in [1.29, 1.82) is 0 Å². The number of anilines is 2. The van der Waals surface area contributed by atoms with Gasteiger partial charge in [-0.05, 0) is 138 Å². The highest BCUT2D eigenvalue weighted by molar-refractivity contribution is 5.79. The lowest BCUT2D eigenvalue weighted by Gasteiger charge is -2.37. The number of nitrogens with zero attached hydrogens (tertiary/aromatic N) is 1. The molecule has 0 amide bonds. The van der Waals surface area contributed by atoms with Gasteiger partial charge in [0.2, 0.25) is 0 Å². The van der Waals surface area contributed by atoms with E-state index >= 15 is 0 Å². The van der Waals surface area contributed by atoms with Crippen LogP contribution in [0.15, 0.2) is 198 Å². The van der Waals surface area contributed by atoms with Crippen LogP contribution in [0.1, 0.15) is 49.7 Å². The molecule has 0 N–H and O–H groups in total. The molecule has 0 saturated heterocycles. The van der Waals surface area contributed by atoms with Crippen molar-refractivity contribution in [3.63, 3.8) is 0 Å². The molecule has 0 aromatic heterocycles. The molecule has 10 rings (SSSR count). The molecule has 54 heavy (non-hydrogen) atoms. The fourth-order valence-corrected chi connectivity index (χ4v) is 9.86. The Balaban J connectivity index is 1.03. The summed E-state index contributed by atoms with van der Waals surface area (Å²) in [5.74, 6) is 9.09. The maximum atomic E-state index is 3.85. The molecule has 0 saturated carbocycles. The van der Waals surface area contributed by atoms with Crippen LogP contribution < -0.4 is 4.90 Å². The minimum absolute atomic E-state index is 0.213. The summed E-state index contributed by atoms with van der Waals surface area (Å²) in [6.07, 6.45) is 50.3. The van der Waals surface area contributed by atoms with Crippen LogP contribution in [-0.4, -0.2) is 0 Å². The molecule has 0 fully saturated rings. The molecule has 6 unspecified atom stereocenters. The normalized spacial score (nSPS) is 28.3. The monoisotopic (exact) mass is 695 g/mol. The lowest BCUT2D eigenvalue weighted by atomic mass is 9.66. The van der Waals surface area contributed by atoms with Crippen LogP contribution >= 0.6 is 0 Å². The van der Waals surface area contributed by atoms with Gasteiger partial charge in [0.1, 0.15) is 0 Å². The van der Waals surface area contributed by atoms with Gasteiger partial charge >= 0.3 is 0 Å². The lowest BCUT2D eigenvalue weighted by molar-refractivity contribution is 0.402. The number of hydrogen-bond acceptors (Lipinski definition) is 1. The van der Waals surface area contributed by atoms with Gasteiger partial charge in [0.05, 0.1) is 5.92 Å². The van der Waals surface area contributed by atoms with Crippen LogP contribution in [0.25, 0.3) is 11.1 Å². The van der Waals surface area contributed by atoms with Crippen LogP contribution in [0.4, 0.5) is 11.4 Å². The second-order valence-electron chi connectivity index (χ2n) is 15.8. The van der Waals surface area contributed by atoms with Gasteiger partial charge in [-0.25, -0.2) is 0 Å². The largest absolute Gasteiger partial charge is 0.311 e. The molecule has 2 aromatic rings. The van der Waals surface area contributed by atoms with E-state index in [2.05, 4.69) is 180 Å². The molecule has 6 atom stereocenters. The minimum atomic E-state index is 0.213. The van der Waals surface area contributed by atoms with Crippen molar-refractivity contribution in [3.8, 4) is 11.8 Å². The first kappa shape index (κ1) is 32.8. The molecule has 0 aliphatic heterocycles. The molecule has 0 heterocycles. The molecule has 8 aliphatic carbocycles. The van der Waals surface area contributed by atoms with E-state index in [1.165, 1.54) is 70.4 Å². The van der Waals surface area contributed by atoms with E-state index in [4.69, 9.17) is 0 Å². The lowest BCUT2D eigenvalue weighted by Crippen LogP contribution is -2.28. The Morgan fingerprint density at radius 3 is 2.28 bits per heavy atom. The molecule has 1 nitrogen and oxygen atoms in total. The number of benzene rings is 2.